The summed E-state index contributed by atoms with van der Waals surface area (Å²) < 4.78 is 9.78. The lowest BCUT2D eigenvalue weighted by Crippen LogP contribution is -2.46. The smallest absolute Gasteiger partial charge is 0.337 e. The van der Waals surface area contributed by atoms with E-state index in [0.717, 1.165) is 5.56 Å². The summed E-state index contributed by atoms with van der Waals surface area (Å²) in [5.74, 6) is -1.22. The average Bonchev–Trinajstić information content (AvgIpc) is 3.28. The maximum atomic E-state index is 13.0. The number of furan rings is 1. The van der Waals surface area contributed by atoms with Gasteiger partial charge in [-0.3, -0.25) is 9.59 Å². The molecule has 0 aliphatic carbocycles. The molecule has 3 rings (SSSR count). The van der Waals surface area contributed by atoms with Gasteiger partial charge in [-0.2, -0.15) is 0 Å². The molecule has 7 nitrogen and oxygen atoms in total. The molecular weight excluding hydrogens is 372 g/mol. The van der Waals surface area contributed by atoms with E-state index in [-0.39, 0.29) is 11.5 Å². The van der Waals surface area contributed by atoms with E-state index in [9.17, 15) is 14.4 Å². The van der Waals surface area contributed by atoms with Crippen LogP contribution in [0.3, 0.4) is 0 Å². The number of benzene rings is 2. The lowest BCUT2D eigenvalue weighted by atomic mass is 10.1. The summed E-state index contributed by atoms with van der Waals surface area (Å²) in [7, 11) is 1.30. The first kappa shape index (κ1) is 19.9. The van der Waals surface area contributed by atoms with Crippen LogP contribution in [0.25, 0.3) is 0 Å². The number of hydrogen-bond acceptors (Lipinski definition) is 6. The van der Waals surface area contributed by atoms with E-state index in [1.54, 1.807) is 42.5 Å². The highest BCUT2D eigenvalue weighted by Crippen LogP contribution is 2.14. The zero-order chi connectivity index (χ0) is 20.8. The Morgan fingerprint density at radius 1 is 0.931 bits per heavy atom. The van der Waals surface area contributed by atoms with Gasteiger partial charge in [-0.05, 0) is 43.3 Å². The van der Waals surface area contributed by atoms with E-state index < -0.39 is 18.0 Å². The monoisotopic (exact) mass is 392 g/mol. The first-order valence-corrected chi connectivity index (χ1v) is 8.88. The first-order chi connectivity index (χ1) is 14.0. The van der Waals surface area contributed by atoms with Crippen LogP contribution in [0.15, 0.2) is 71.3 Å². The van der Waals surface area contributed by atoms with Crippen LogP contribution in [0.1, 0.15) is 36.8 Å². The van der Waals surface area contributed by atoms with Crippen LogP contribution in [-0.4, -0.2) is 30.9 Å². The van der Waals surface area contributed by atoms with Gasteiger partial charge in [0.15, 0.2) is 11.9 Å². The zero-order valence-electron chi connectivity index (χ0n) is 16.0. The largest absolute Gasteiger partial charge is 0.465 e. The Morgan fingerprint density at radius 3 is 2.17 bits per heavy atom. The molecule has 0 aliphatic rings. The van der Waals surface area contributed by atoms with Crippen molar-refractivity contribution in [1.29, 1.82) is 0 Å². The van der Waals surface area contributed by atoms with Crippen LogP contribution in [-0.2, 0) is 4.74 Å². The fraction of sp³-hybridized carbons (Fsp3) is 0.136. The standard InChI is InChI=1S/C22H20N2O5/c1-14-5-7-15(8-6-14)19(25)20(24-21(26)18-4-3-13-29-18)23-17-11-9-16(10-12-17)22(27)28-2/h3-13,20,23H,1-2H3,(H,24,26)/t20-/m0/s1. The van der Waals surface area contributed by atoms with Crippen LogP contribution >= 0.6 is 0 Å². The number of carbonyl (C=O) groups excluding carboxylic acids is 3. The molecule has 2 aromatic carbocycles. The van der Waals surface area contributed by atoms with Gasteiger partial charge in [0.05, 0.1) is 18.9 Å². The predicted octanol–water partition coefficient (Wildman–Crippen LogP) is 3.43. The maximum absolute atomic E-state index is 13.0. The number of aryl methyl sites for hydroxylation is 1. The molecule has 1 amide bonds. The van der Waals surface area contributed by atoms with Gasteiger partial charge in [0.2, 0.25) is 5.78 Å². The summed E-state index contributed by atoms with van der Waals surface area (Å²) in [6.45, 7) is 1.92. The Hall–Kier alpha value is -3.87. The summed E-state index contributed by atoms with van der Waals surface area (Å²) in [6.07, 6.45) is 0.337. The van der Waals surface area contributed by atoms with Gasteiger partial charge in [0.25, 0.3) is 5.91 Å². The van der Waals surface area contributed by atoms with Crippen molar-refractivity contribution in [3.05, 3.63) is 89.4 Å². The third-order valence-electron chi connectivity index (χ3n) is 4.24. The average molecular weight is 392 g/mol. The number of amides is 1. The fourth-order valence-electron chi connectivity index (χ4n) is 2.65. The fourth-order valence-corrected chi connectivity index (χ4v) is 2.65. The molecule has 29 heavy (non-hydrogen) atoms. The lowest BCUT2D eigenvalue weighted by Gasteiger charge is -2.20. The van der Waals surface area contributed by atoms with Crippen LogP contribution in [0.5, 0.6) is 0 Å². The Balaban J connectivity index is 1.83. The Bertz CT molecular complexity index is 993. The predicted molar refractivity (Wildman–Crippen MR) is 107 cm³/mol. The summed E-state index contributed by atoms with van der Waals surface area (Å²) in [5, 5.41) is 5.64. The third-order valence-corrected chi connectivity index (χ3v) is 4.24. The van der Waals surface area contributed by atoms with Gasteiger partial charge in [-0.25, -0.2) is 4.79 Å². The van der Waals surface area contributed by atoms with Crippen LogP contribution in [0, 0.1) is 6.92 Å². The minimum absolute atomic E-state index is 0.0922. The molecule has 0 saturated carbocycles. The van der Waals surface area contributed by atoms with Crippen molar-refractivity contribution < 1.29 is 23.5 Å². The van der Waals surface area contributed by atoms with Gasteiger partial charge in [0, 0.05) is 11.3 Å². The van der Waals surface area contributed by atoms with Crippen LogP contribution in [0.2, 0.25) is 0 Å². The van der Waals surface area contributed by atoms with Gasteiger partial charge >= 0.3 is 5.97 Å². The number of anilines is 1. The minimum Gasteiger partial charge on any atom is -0.465 e. The zero-order valence-corrected chi connectivity index (χ0v) is 16.0. The molecular formula is C22H20N2O5. The van der Waals surface area contributed by atoms with E-state index in [1.807, 2.05) is 19.1 Å². The van der Waals surface area contributed by atoms with E-state index in [2.05, 4.69) is 15.4 Å². The number of carbonyl (C=O) groups is 3. The van der Waals surface area contributed by atoms with E-state index >= 15 is 0 Å². The van der Waals surface area contributed by atoms with Crippen molar-refractivity contribution in [1.82, 2.24) is 5.32 Å². The number of rotatable bonds is 7. The summed E-state index contributed by atoms with van der Waals surface area (Å²) in [6, 6.07) is 16.5. The van der Waals surface area contributed by atoms with Crippen molar-refractivity contribution in [2.24, 2.45) is 0 Å². The molecule has 7 heteroatoms. The number of esters is 1. The molecule has 2 N–H and O–H groups in total. The highest BCUT2D eigenvalue weighted by Gasteiger charge is 2.24. The first-order valence-electron chi connectivity index (χ1n) is 8.88. The highest BCUT2D eigenvalue weighted by atomic mass is 16.5. The van der Waals surface area contributed by atoms with Gasteiger partial charge < -0.3 is 19.8 Å². The molecule has 1 atom stereocenters. The van der Waals surface area contributed by atoms with Crippen LogP contribution in [0.4, 0.5) is 5.69 Å². The highest BCUT2D eigenvalue weighted by molar-refractivity contribution is 6.04. The summed E-state index contributed by atoms with van der Waals surface area (Å²) in [5.41, 5.74) is 2.38. The van der Waals surface area contributed by atoms with Crippen molar-refractivity contribution >= 4 is 23.3 Å². The van der Waals surface area contributed by atoms with E-state index in [1.165, 1.54) is 19.4 Å². The van der Waals surface area contributed by atoms with Gasteiger partial charge in [-0.15, -0.1) is 0 Å². The molecule has 0 unspecified atom stereocenters. The lowest BCUT2D eigenvalue weighted by molar-refractivity contribution is 0.0600. The summed E-state index contributed by atoms with van der Waals surface area (Å²) in [4.78, 5) is 37.0. The summed E-state index contributed by atoms with van der Waals surface area (Å²) >= 11 is 0. The molecule has 0 radical (unpaired) electrons. The number of ketones is 1. The number of nitrogens with one attached hydrogen (secondary N) is 2. The molecule has 0 fully saturated rings. The van der Waals surface area contributed by atoms with E-state index in [4.69, 9.17) is 4.42 Å². The quantitative estimate of drug-likeness (QED) is 0.363. The van der Waals surface area contributed by atoms with Gasteiger partial charge in [0.1, 0.15) is 0 Å². The van der Waals surface area contributed by atoms with Crippen molar-refractivity contribution in [3.63, 3.8) is 0 Å². The number of Topliss-reactive ketones (excluding diaryl/α,β-unsaturated/α-hetero) is 1. The Labute approximate surface area is 167 Å². The molecule has 1 heterocycles. The molecule has 0 bridgehead atoms. The van der Waals surface area contributed by atoms with Crippen molar-refractivity contribution in [2.75, 3.05) is 12.4 Å². The molecule has 1 aromatic heterocycles. The second-order valence-electron chi connectivity index (χ2n) is 6.33. The molecule has 148 valence electrons. The van der Waals surface area contributed by atoms with Crippen LogP contribution < -0.4 is 10.6 Å². The van der Waals surface area contributed by atoms with Gasteiger partial charge in [-0.1, -0.05) is 29.8 Å². The molecule has 0 aliphatic heterocycles. The minimum atomic E-state index is -1.04. The normalized spacial score (nSPS) is 11.4. The number of hydrogen-bond donors (Lipinski definition) is 2. The second-order valence-corrected chi connectivity index (χ2v) is 6.33. The molecule has 0 spiro atoms. The van der Waals surface area contributed by atoms with E-state index in [0.29, 0.717) is 16.8 Å². The number of ether oxygens (including phenoxy) is 1. The number of methoxy groups -OCH3 is 1. The topological polar surface area (TPSA) is 97.6 Å². The maximum Gasteiger partial charge on any atom is 0.337 e. The Morgan fingerprint density at radius 2 is 1.59 bits per heavy atom. The van der Waals surface area contributed by atoms with Crippen molar-refractivity contribution in [3.8, 4) is 0 Å². The second kappa shape index (κ2) is 8.88. The molecule has 0 saturated heterocycles. The van der Waals surface area contributed by atoms with Crippen molar-refractivity contribution in [2.45, 2.75) is 13.1 Å². The third kappa shape index (κ3) is 4.90. The molecule has 3 aromatic rings. The Kier molecular flexibility index (Phi) is 6.09. The SMILES string of the molecule is COC(=O)c1ccc(N[C@@H](NC(=O)c2ccco2)C(=O)c2ccc(C)cc2)cc1.